The van der Waals surface area contributed by atoms with E-state index in [9.17, 15) is 4.39 Å². The standard InChI is InChI=1S/C19H24FN/c1-3-5-15-6-8-16(9-7-15)19-11-10-18(20)13-17(19)14-21-12-4-2/h6-11,13,21H,3-5,12,14H2,1-2H3. The van der Waals surface area contributed by atoms with Gasteiger partial charge in [0, 0.05) is 6.54 Å². The number of benzene rings is 2. The van der Waals surface area contributed by atoms with Gasteiger partial charge >= 0.3 is 0 Å². The van der Waals surface area contributed by atoms with Crippen molar-refractivity contribution in [3.05, 3.63) is 59.4 Å². The lowest BCUT2D eigenvalue weighted by Crippen LogP contribution is -2.14. The van der Waals surface area contributed by atoms with Crippen LogP contribution < -0.4 is 5.32 Å². The fourth-order valence-electron chi connectivity index (χ4n) is 2.53. The highest BCUT2D eigenvalue weighted by Crippen LogP contribution is 2.25. The number of hydrogen-bond donors (Lipinski definition) is 1. The Balaban J connectivity index is 2.24. The van der Waals surface area contributed by atoms with Gasteiger partial charge in [0.15, 0.2) is 0 Å². The molecular weight excluding hydrogens is 261 g/mol. The van der Waals surface area contributed by atoms with Gasteiger partial charge in [-0.3, -0.25) is 0 Å². The molecule has 2 aromatic carbocycles. The summed E-state index contributed by atoms with van der Waals surface area (Å²) in [7, 11) is 0. The third-order valence-electron chi connectivity index (χ3n) is 3.61. The van der Waals surface area contributed by atoms with Gasteiger partial charge in [-0.15, -0.1) is 0 Å². The second kappa shape index (κ2) is 7.94. The van der Waals surface area contributed by atoms with Crippen LogP contribution in [-0.2, 0) is 13.0 Å². The van der Waals surface area contributed by atoms with Crippen molar-refractivity contribution in [1.29, 1.82) is 0 Å². The average molecular weight is 285 g/mol. The Morgan fingerprint density at radius 3 is 2.38 bits per heavy atom. The maximum absolute atomic E-state index is 13.5. The zero-order valence-corrected chi connectivity index (χ0v) is 13.0. The number of hydrogen-bond acceptors (Lipinski definition) is 1. The first-order valence-corrected chi connectivity index (χ1v) is 7.83. The Labute approximate surface area is 127 Å². The van der Waals surface area contributed by atoms with E-state index >= 15 is 0 Å². The Morgan fingerprint density at radius 2 is 1.71 bits per heavy atom. The molecule has 0 spiro atoms. The number of aryl methyl sites for hydroxylation is 1. The van der Waals surface area contributed by atoms with Crippen LogP contribution in [0.2, 0.25) is 0 Å². The van der Waals surface area contributed by atoms with Gasteiger partial charge in [-0.25, -0.2) is 4.39 Å². The fourth-order valence-corrected chi connectivity index (χ4v) is 2.53. The highest BCUT2D eigenvalue weighted by atomic mass is 19.1. The van der Waals surface area contributed by atoms with E-state index in [-0.39, 0.29) is 5.82 Å². The molecule has 0 atom stereocenters. The van der Waals surface area contributed by atoms with E-state index < -0.39 is 0 Å². The monoisotopic (exact) mass is 285 g/mol. The smallest absolute Gasteiger partial charge is 0.123 e. The second-order valence-corrected chi connectivity index (χ2v) is 5.43. The Morgan fingerprint density at radius 1 is 0.952 bits per heavy atom. The van der Waals surface area contributed by atoms with Crippen molar-refractivity contribution in [3.8, 4) is 11.1 Å². The van der Waals surface area contributed by atoms with E-state index in [1.807, 2.05) is 6.07 Å². The molecule has 0 unspecified atom stereocenters. The molecule has 2 rings (SSSR count). The van der Waals surface area contributed by atoms with E-state index in [0.717, 1.165) is 42.5 Å². The van der Waals surface area contributed by atoms with Gasteiger partial charge in [-0.1, -0.05) is 50.6 Å². The lowest BCUT2D eigenvalue weighted by molar-refractivity contribution is 0.619. The summed E-state index contributed by atoms with van der Waals surface area (Å²) in [4.78, 5) is 0. The van der Waals surface area contributed by atoms with Crippen molar-refractivity contribution in [3.63, 3.8) is 0 Å². The van der Waals surface area contributed by atoms with Crippen LogP contribution in [0.1, 0.15) is 37.8 Å². The topological polar surface area (TPSA) is 12.0 Å². The summed E-state index contributed by atoms with van der Waals surface area (Å²) in [6, 6.07) is 13.7. The predicted molar refractivity (Wildman–Crippen MR) is 87.8 cm³/mol. The van der Waals surface area contributed by atoms with Gasteiger partial charge in [-0.05, 0) is 53.8 Å². The van der Waals surface area contributed by atoms with Crippen LogP contribution >= 0.6 is 0 Å². The largest absolute Gasteiger partial charge is 0.313 e. The molecule has 0 saturated heterocycles. The lowest BCUT2D eigenvalue weighted by atomic mass is 9.97. The quantitative estimate of drug-likeness (QED) is 0.710. The molecule has 1 nitrogen and oxygen atoms in total. The van der Waals surface area contributed by atoms with E-state index in [2.05, 4.69) is 43.4 Å². The van der Waals surface area contributed by atoms with Gasteiger partial charge in [0.1, 0.15) is 5.82 Å². The summed E-state index contributed by atoms with van der Waals surface area (Å²) >= 11 is 0. The molecule has 0 aromatic heterocycles. The van der Waals surface area contributed by atoms with Crippen LogP contribution in [-0.4, -0.2) is 6.54 Å². The third-order valence-corrected chi connectivity index (χ3v) is 3.61. The SMILES string of the molecule is CCCNCc1cc(F)ccc1-c1ccc(CCC)cc1. The highest BCUT2D eigenvalue weighted by molar-refractivity contribution is 5.67. The summed E-state index contributed by atoms with van der Waals surface area (Å²) in [5.41, 5.74) is 4.65. The van der Waals surface area contributed by atoms with Crippen molar-refractivity contribution in [2.45, 2.75) is 39.7 Å². The number of halogens is 1. The molecule has 0 fully saturated rings. The normalized spacial score (nSPS) is 10.8. The second-order valence-electron chi connectivity index (χ2n) is 5.43. The Kier molecular flexibility index (Phi) is 5.94. The molecule has 0 radical (unpaired) electrons. The van der Waals surface area contributed by atoms with Crippen LogP contribution in [0.4, 0.5) is 4.39 Å². The van der Waals surface area contributed by atoms with Crippen LogP contribution in [0.5, 0.6) is 0 Å². The van der Waals surface area contributed by atoms with Crippen LogP contribution in [0.15, 0.2) is 42.5 Å². The molecule has 0 heterocycles. The number of rotatable bonds is 7. The minimum absolute atomic E-state index is 0.172. The van der Waals surface area contributed by atoms with Gasteiger partial charge in [0.05, 0.1) is 0 Å². The van der Waals surface area contributed by atoms with E-state index in [1.54, 1.807) is 12.1 Å². The van der Waals surface area contributed by atoms with Crippen molar-refractivity contribution in [1.82, 2.24) is 5.32 Å². The summed E-state index contributed by atoms with van der Waals surface area (Å²) in [6.45, 7) is 5.97. The summed E-state index contributed by atoms with van der Waals surface area (Å²) in [5, 5.41) is 3.35. The lowest BCUT2D eigenvalue weighted by Gasteiger charge is -2.11. The first-order chi connectivity index (χ1) is 10.2. The molecular formula is C19H24FN. The Bertz CT molecular complexity index is 560. The minimum atomic E-state index is -0.172. The molecule has 0 amide bonds. The van der Waals surface area contributed by atoms with Crippen molar-refractivity contribution in [2.24, 2.45) is 0 Å². The van der Waals surface area contributed by atoms with E-state index in [4.69, 9.17) is 0 Å². The van der Waals surface area contributed by atoms with Crippen LogP contribution in [0, 0.1) is 5.82 Å². The summed E-state index contributed by atoms with van der Waals surface area (Å²) in [6.07, 6.45) is 3.34. The van der Waals surface area contributed by atoms with E-state index in [1.165, 1.54) is 5.56 Å². The van der Waals surface area contributed by atoms with Crippen molar-refractivity contribution < 1.29 is 4.39 Å². The van der Waals surface area contributed by atoms with Gasteiger partial charge in [0.2, 0.25) is 0 Å². The maximum atomic E-state index is 13.5. The fraction of sp³-hybridized carbons (Fsp3) is 0.368. The van der Waals surface area contributed by atoms with Gasteiger partial charge in [0.25, 0.3) is 0 Å². The molecule has 0 aliphatic heterocycles. The molecule has 21 heavy (non-hydrogen) atoms. The predicted octanol–water partition coefficient (Wildman–Crippen LogP) is 4.94. The molecule has 0 aliphatic rings. The molecule has 0 bridgehead atoms. The van der Waals surface area contributed by atoms with E-state index in [0.29, 0.717) is 6.54 Å². The van der Waals surface area contributed by atoms with Crippen LogP contribution in [0.25, 0.3) is 11.1 Å². The summed E-state index contributed by atoms with van der Waals surface area (Å²) in [5.74, 6) is -0.172. The first kappa shape index (κ1) is 15.7. The van der Waals surface area contributed by atoms with Gasteiger partial charge in [-0.2, -0.15) is 0 Å². The maximum Gasteiger partial charge on any atom is 0.123 e. The summed E-state index contributed by atoms with van der Waals surface area (Å²) < 4.78 is 13.5. The van der Waals surface area contributed by atoms with Crippen molar-refractivity contribution in [2.75, 3.05) is 6.54 Å². The minimum Gasteiger partial charge on any atom is -0.313 e. The zero-order chi connectivity index (χ0) is 15.1. The zero-order valence-electron chi connectivity index (χ0n) is 13.0. The first-order valence-electron chi connectivity index (χ1n) is 7.83. The third kappa shape index (κ3) is 4.40. The highest BCUT2D eigenvalue weighted by Gasteiger charge is 2.06. The molecule has 2 heteroatoms. The molecule has 2 aromatic rings. The molecule has 0 saturated carbocycles. The van der Waals surface area contributed by atoms with Crippen LogP contribution in [0.3, 0.4) is 0 Å². The van der Waals surface area contributed by atoms with Crippen molar-refractivity contribution >= 4 is 0 Å². The Hall–Kier alpha value is -1.67. The molecule has 0 aliphatic carbocycles. The average Bonchev–Trinajstić information content (AvgIpc) is 2.49. The number of nitrogens with one attached hydrogen (secondary N) is 1. The molecule has 1 N–H and O–H groups in total. The van der Waals surface area contributed by atoms with Gasteiger partial charge < -0.3 is 5.32 Å². The molecule has 112 valence electrons.